The van der Waals surface area contributed by atoms with E-state index >= 15 is 0 Å². The Morgan fingerprint density at radius 1 is 1.20 bits per heavy atom. The number of thiol groups is 1. The van der Waals surface area contributed by atoms with Crippen LogP contribution in [-0.4, -0.2) is 16.8 Å². The Labute approximate surface area is 98.9 Å². The molecule has 0 saturated carbocycles. The van der Waals surface area contributed by atoms with Crippen molar-refractivity contribution in [2.24, 2.45) is 5.92 Å². The van der Waals surface area contributed by atoms with Crippen LogP contribution in [0.4, 0.5) is 0 Å². The molecule has 1 atom stereocenters. The maximum absolute atomic E-state index is 10.3. The molecule has 1 N–H and O–H groups in total. The second-order valence-electron chi connectivity index (χ2n) is 4.13. The number of carboxylic acid groups (broad SMARTS) is 1. The van der Waals surface area contributed by atoms with Gasteiger partial charge < -0.3 is 5.11 Å². The summed E-state index contributed by atoms with van der Waals surface area (Å²) in [6, 6.07) is 0. The highest BCUT2D eigenvalue weighted by atomic mass is 32.1. The first kappa shape index (κ1) is 14.8. The third-order valence-corrected chi connectivity index (χ3v) is 3.13. The van der Waals surface area contributed by atoms with Crippen LogP contribution in [0.3, 0.4) is 0 Å². The van der Waals surface area contributed by atoms with E-state index < -0.39 is 5.97 Å². The molecule has 0 aliphatic heterocycles. The molecule has 0 saturated heterocycles. The Kier molecular flexibility index (Phi) is 10.2. The summed E-state index contributed by atoms with van der Waals surface area (Å²) < 4.78 is 0. The SMILES string of the molecule is CCC(CCS)CCCCCCC(=O)O. The molecule has 0 rings (SSSR count). The van der Waals surface area contributed by atoms with Crippen LogP contribution in [0.1, 0.15) is 58.3 Å². The average molecular weight is 232 g/mol. The van der Waals surface area contributed by atoms with Crippen LogP contribution in [0.2, 0.25) is 0 Å². The minimum absolute atomic E-state index is 0.327. The van der Waals surface area contributed by atoms with Crippen LogP contribution in [-0.2, 0) is 4.79 Å². The van der Waals surface area contributed by atoms with Crippen molar-refractivity contribution in [1.82, 2.24) is 0 Å². The number of unbranched alkanes of at least 4 members (excludes halogenated alkanes) is 3. The molecule has 90 valence electrons. The topological polar surface area (TPSA) is 37.3 Å². The monoisotopic (exact) mass is 232 g/mol. The Hall–Kier alpha value is -0.180. The van der Waals surface area contributed by atoms with E-state index in [1.165, 1.54) is 32.1 Å². The molecule has 0 aromatic carbocycles. The number of rotatable bonds is 10. The van der Waals surface area contributed by atoms with Gasteiger partial charge >= 0.3 is 5.97 Å². The van der Waals surface area contributed by atoms with E-state index in [9.17, 15) is 4.79 Å². The van der Waals surface area contributed by atoms with E-state index in [0.717, 1.165) is 24.5 Å². The summed E-state index contributed by atoms with van der Waals surface area (Å²) >= 11 is 4.25. The van der Waals surface area contributed by atoms with Crippen molar-refractivity contribution >= 4 is 18.6 Å². The zero-order valence-corrected chi connectivity index (χ0v) is 10.6. The van der Waals surface area contributed by atoms with Gasteiger partial charge in [-0.2, -0.15) is 12.6 Å². The predicted octanol–water partition coefficient (Wildman–Crippen LogP) is 3.76. The summed E-state index contributed by atoms with van der Waals surface area (Å²) in [6.07, 6.45) is 8.38. The van der Waals surface area contributed by atoms with Crippen molar-refractivity contribution in [3.63, 3.8) is 0 Å². The first-order chi connectivity index (χ1) is 7.20. The highest BCUT2D eigenvalue weighted by molar-refractivity contribution is 7.80. The summed E-state index contributed by atoms with van der Waals surface area (Å²) in [5.74, 6) is 1.14. The van der Waals surface area contributed by atoms with E-state index in [4.69, 9.17) is 5.11 Å². The molecular formula is C12H24O2S. The number of hydrogen-bond acceptors (Lipinski definition) is 2. The van der Waals surface area contributed by atoms with E-state index in [1.807, 2.05) is 0 Å². The van der Waals surface area contributed by atoms with Crippen molar-refractivity contribution in [2.45, 2.75) is 58.3 Å². The number of carbonyl (C=O) groups is 1. The number of aliphatic carboxylic acids is 1. The lowest BCUT2D eigenvalue weighted by Crippen LogP contribution is -2.00. The standard InChI is InChI=1S/C12H24O2S/c1-2-11(9-10-15)7-5-3-4-6-8-12(13)14/h11,15H,2-10H2,1H3,(H,13,14). The van der Waals surface area contributed by atoms with Gasteiger partial charge in [-0.05, 0) is 24.5 Å². The fraction of sp³-hybridized carbons (Fsp3) is 0.917. The quantitative estimate of drug-likeness (QED) is 0.444. The van der Waals surface area contributed by atoms with Gasteiger partial charge in [0.15, 0.2) is 0 Å². The maximum Gasteiger partial charge on any atom is 0.303 e. The summed E-state index contributed by atoms with van der Waals surface area (Å²) in [7, 11) is 0. The number of hydrogen-bond donors (Lipinski definition) is 2. The van der Waals surface area contributed by atoms with E-state index in [-0.39, 0.29) is 0 Å². The fourth-order valence-electron chi connectivity index (χ4n) is 1.80. The normalized spacial score (nSPS) is 12.7. The molecule has 0 aromatic heterocycles. The molecule has 0 bridgehead atoms. The van der Waals surface area contributed by atoms with Gasteiger partial charge in [0.2, 0.25) is 0 Å². The van der Waals surface area contributed by atoms with Crippen LogP contribution in [0, 0.1) is 5.92 Å². The molecule has 0 aliphatic carbocycles. The lowest BCUT2D eigenvalue weighted by Gasteiger charge is -2.12. The summed E-state index contributed by atoms with van der Waals surface area (Å²) in [4.78, 5) is 10.3. The minimum atomic E-state index is -0.670. The van der Waals surface area contributed by atoms with Gasteiger partial charge in [0.25, 0.3) is 0 Å². The second-order valence-corrected chi connectivity index (χ2v) is 4.58. The Bertz CT molecular complexity index is 160. The molecule has 0 radical (unpaired) electrons. The molecular weight excluding hydrogens is 208 g/mol. The molecule has 0 aromatic rings. The van der Waals surface area contributed by atoms with Gasteiger partial charge in [-0.1, -0.05) is 39.0 Å². The molecule has 0 heterocycles. The molecule has 0 amide bonds. The molecule has 15 heavy (non-hydrogen) atoms. The predicted molar refractivity (Wildman–Crippen MR) is 67.6 cm³/mol. The first-order valence-electron chi connectivity index (χ1n) is 6.03. The zero-order chi connectivity index (χ0) is 11.5. The number of carboxylic acids is 1. The van der Waals surface area contributed by atoms with Gasteiger partial charge in [0.05, 0.1) is 0 Å². The Morgan fingerprint density at radius 3 is 2.40 bits per heavy atom. The summed E-state index contributed by atoms with van der Waals surface area (Å²) in [5, 5.41) is 8.46. The van der Waals surface area contributed by atoms with Crippen LogP contribution in [0.15, 0.2) is 0 Å². The lowest BCUT2D eigenvalue weighted by atomic mass is 9.96. The molecule has 3 heteroatoms. The van der Waals surface area contributed by atoms with Gasteiger partial charge in [-0.15, -0.1) is 0 Å². The van der Waals surface area contributed by atoms with Gasteiger partial charge in [0.1, 0.15) is 0 Å². The molecule has 0 aliphatic rings. The molecule has 0 spiro atoms. The third-order valence-electron chi connectivity index (χ3n) is 2.87. The lowest BCUT2D eigenvalue weighted by molar-refractivity contribution is -0.137. The van der Waals surface area contributed by atoms with Crippen LogP contribution >= 0.6 is 12.6 Å². The molecule has 1 unspecified atom stereocenters. The Balaban J connectivity index is 3.24. The highest BCUT2D eigenvalue weighted by Gasteiger charge is 2.04. The summed E-state index contributed by atoms with van der Waals surface area (Å²) in [5.41, 5.74) is 0. The van der Waals surface area contributed by atoms with E-state index in [1.54, 1.807) is 0 Å². The van der Waals surface area contributed by atoms with Crippen molar-refractivity contribution in [3.8, 4) is 0 Å². The Morgan fingerprint density at radius 2 is 1.87 bits per heavy atom. The minimum Gasteiger partial charge on any atom is -0.481 e. The van der Waals surface area contributed by atoms with Crippen LogP contribution in [0.25, 0.3) is 0 Å². The largest absolute Gasteiger partial charge is 0.481 e. The van der Waals surface area contributed by atoms with Crippen molar-refractivity contribution in [1.29, 1.82) is 0 Å². The summed E-state index contributed by atoms with van der Waals surface area (Å²) in [6.45, 7) is 2.23. The van der Waals surface area contributed by atoms with Crippen LogP contribution < -0.4 is 0 Å². The maximum atomic E-state index is 10.3. The van der Waals surface area contributed by atoms with Gasteiger partial charge in [-0.3, -0.25) is 4.79 Å². The van der Waals surface area contributed by atoms with Crippen molar-refractivity contribution in [2.75, 3.05) is 5.75 Å². The van der Waals surface area contributed by atoms with E-state index in [0.29, 0.717) is 6.42 Å². The average Bonchev–Trinajstić information content (AvgIpc) is 2.21. The smallest absolute Gasteiger partial charge is 0.303 e. The second kappa shape index (κ2) is 10.3. The van der Waals surface area contributed by atoms with Crippen molar-refractivity contribution < 1.29 is 9.90 Å². The fourth-order valence-corrected chi connectivity index (χ4v) is 2.16. The third kappa shape index (κ3) is 10.1. The van der Waals surface area contributed by atoms with Crippen molar-refractivity contribution in [3.05, 3.63) is 0 Å². The first-order valence-corrected chi connectivity index (χ1v) is 6.66. The van der Waals surface area contributed by atoms with Gasteiger partial charge in [-0.25, -0.2) is 0 Å². The molecule has 0 fully saturated rings. The zero-order valence-electron chi connectivity index (χ0n) is 9.74. The highest BCUT2D eigenvalue weighted by Crippen LogP contribution is 2.18. The van der Waals surface area contributed by atoms with E-state index in [2.05, 4.69) is 19.6 Å². The van der Waals surface area contributed by atoms with Gasteiger partial charge in [0, 0.05) is 6.42 Å². The molecule has 2 nitrogen and oxygen atoms in total. The van der Waals surface area contributed by atoms with Crippen LogP contribution in [0.5, 0.6) is 0 Å².